The number of carbonyl (C=O) groups is 1. The van der Waals surface area contributed by atoms with Gasteiger partial charge in [0.2, 0.25) is 5.91 Å². The van der Waals surface area contributed by atoms with Gasteiger partial charge >= 0.3 is 0 Å². The molecule has 0 saturated carbocycles. The van der Waals surface area contributed by atoms with Crippen molar-refractivity contribution in [1.29, 1.82) is 0 Å². The molecular formula is C19H21NO2S2. The zero-order valence-corrected chi connectivity index (χ0v) is 15.1. The van der Waals surface area contributed by atoms with Gasteiger partial charge in [-0.1, -0.05) is 30.3 Å². The highest BCUT2D eigenvalue weighted by atomic mass is 32.2. The number of hydrogen-bond acceptors (Lipinski definition) is 4. The number of nitrogens with one attached hydrogen (secondary N) is 1. The van der Waals surface area contributed by atoms with E-state index in [2.05, 4.69) is 17.4 Å². The molecule has 0 spiro atoms. The molecule has 0 aromatic heterocycles. The molecule has 1 fully saturated rings. The zero-order chi connectivity index (χ0) is 16.6. The van der Waals surface area contributed by atoms with Gasteiger partial charge in [0.1, 0.15) is 5.75 Å². The van der Waals surface area contributed by atoms with E-state index in [1.54, 1.807) is 0 Å². The molecule has 5 heteroatoms. The molecule has 126 valence electrons. The number of hydrogen-bond donors (Lipinski definition) is 1. The van der Waals surface area contributed by atoms with Gasteiger partial charge in [-0.3, -0.25) is 4.79 Å². The molecule has 1 amide bonds. The monoisotopic (exact) mass is 359 g/mol. The van der Waals surface area contributed by atoms with E-state index in [1.165, 1.54) is 17.1 Å². The molecule has 2 aromatic carbocycles. The Morgan fingerprint density at radius 2 is 1.88 bits per heavy atom. The Bertz CT molecular complexity index is 657. The minimum atomic E-state index is 0.0375. The summed E-state index contributed by atoms with van der Waals surface area (Å²) >= 11 is 3.94. The van der Waals surface area contributed by atoms with Gasteiger partial charge in [-0.15, -0.1) is 23.5 Å². The van der Waals surface area contributed by atoms with Crippen LogP contribution in [0.5, 0.6) is 5.75 Å². The van der Waals surface area contributed by atoms with Crippen LogP contribution in [0.4, 0.5) is 5.69 Å². The maximum Gasteiger partial charge on any atom is 0.224 e. The molecule has 1 N–H and O–H groups in total. The molecular weight excluding hydrogens is 338 g/mol. The first kappa shape index (κ1) is 17.2. The second-order valence-corrected chi connectivity index (χ2v) is 8.24. The first-order chi connectivity index (χ1) is 11.8. The van der Waals surface area contributed by atoms with Crippen LogP contribution in [0.2, 0.25) is 0 Å². The molecule has 0 aliphatic carbocycles. The van der Waals surface area contributed by atoms with Crippen LogP contribution >= 0.6 is 23.5 Å². The van der Waals surface area contributed by atoms with Crippen molar-refractivity contribution in [1.82, 2.24) is 0 Å². The van der Waals surface area contributed by atoms with E-state index < -0.39 is 0 Å². The lowest BCUT2D eigenvalue weighted by Crippen LogP contribution is -2.13. The lowest BCUT2D eigenvalue weighted by Gasteiger charge is -2.11. The van der Waals surface area contributed by atoms with E-state index >= 15 is 0 Å². The second-order valence-electron chi connectivity index (χ2n) is 5.51. The summed E-state index contributed by atoms with van der Waals surface area (Å²) in [5.74, 6) is 3.29. The zero-order valence-electron chi connectivity index (χ0n) is 13.4. The van der Waals surface area contributed by atoms with Crippen LogP contribution in [0.1, 0.15) is 23.0 Å². The topological polar surface area (TPSA) is 38.3 Å². The van der Waals surface area contributed by atoms with Gasteiger partial charge in [0.25, 0.3) is 0 Å². The molecule has 24 heavy (non-hydrogen) atoms. The first-order valence-electron chi connectivity index (χ1n) is 8.12. The summed E-state index contributed by atoms with van der Waals surface area (Å²) in [5.41, 5.74) is 2.17. The van der Waals surface area contributed by atoms with Gasteiger partial charge in [0.05, 0.1) is 11.2 Å². The van der Waals surface area contributed by atoms with E-state index in [0.29, 0.717) is 24.0 Å². The standard InChI is InChI=1S/C19H21NO2S2/c21-18(10-5-11-22-17-8-2-1-3-9-17)20-16-7-4-6-15(14-16)19-23-12-13-24-19/h1-4,6-9,14,19H,5,10-13H2,(H,20,21). The molecule has 0 atom stereocenters. The van der Waals surface area contributed by atoms with Crippen LogP contribution in [0.15, 0.2) is 54.6 Å². The number of benzene rings is 2. The van der Waals surface area contributed by atoms with Crippen LogP contribution in [-0.4, -0.2) is 24.0 Å². The van der Waals surface area contributed by atoms with E-state index in [4.69, 9.17) is 4.74 Å². The van der Waals surface area contributed by atoms with Crippen LogP contribution in [0, 0.1) is 0 Å². The fraction of sp³-hybridized carbons (Fsp3) is 0.316. The molecule has 0 bridgehead atoms. The summed E-state index contributed by atoms with van der Waals surface area (Å²) in [7, 11) is 0. The minimum absolute atomic E-state index is 0.0375. The van der Waals surface area contributed by atoms with Crippen molar-refractivity contribution in [3.8, 4) is 5.75 Å². The first-order valence-corrected chi connectivity index (χ1v) is 10.2. The molecule has 1 saturated heterocycles. The molecule has 0 radical (unpaired) electrons. The Kier molecular flexibility index (Phi) is 6.49. The van der Waals surface area contributed by atoms with Crippen molar-refractivity contribution in [3.63, 3.8) is 0 Å². The normalized spacial score (nSPS) is 14.5. The fourth-order valence-corrected chi connectivity index (χ4v) is 5.32. The lowest BCUT2D eigenvalue weighted by atomic mass is 10.2. The predicted molar refractivity (Wildman–Crippen MR) is 104 cm³/mol. The molecule has 1 aliphatic rings. The van der Waals surface area contributed by atoms with E-state index in [1.807, 2.05) is 66.0 Å². The van der Waals surface area contributed by atoms with Gasteiger partial charge in [-0.2, -0.15) is 0 Å². The Labute approximate surface area is 151 Å². The number of ether oxygens (including phenoxy) is 1. The van der Waals surface area contributed by atoms with Crippen LogP contribution in [-0.2, 0) is 4.79 Å². The number of anilines is 1. The third-order valence-electron chi connectivity index (χ3n) is 3.62. The largest absolute Gasteiger partial charge is 0.494 e. The highest BCUT2D eigenvalue weighted by Gasteiger charge is 2.18. The molecule has 0 unspecified atom stereocenters. The number of amides is 1. The van der Waals surface area contributed by atoms with Gasteiger partial charge in [0.15, 0.2) is 0 Å². The fourth-order valence-electron chi connectivity index (χ4n) is 2.48. The predicted octanol–water partition coefficient (Wildman–Crippen LogP) is 4.96. The average Bonchev–Trinajstić information content (AvgIpc) is 3.15. The quantitative estimate of drug-likeness (QED) is 0.709. The van der Waals surface area contributed by atoms with Crippen molar-refractivity contribution < 1.29 is 9.53 Å². The summed E-state index contributed by atoms with van der Waals surface area (Å²) in [4.78, 5) is 12.1. The van der Waals surface area contributed by atoms with Crippen molar-refractivity contribution in [3.05, 3.63) is 60.2 Å². The van der Waals surface area contributed by atoms with Gasteiger partial charge in [0, 0.05) is 23.6 Å². The summed E-state index contributed by atoms with van der Waals surface area (Å²) in [6.45, 7) is 0.548. The average molecular weight is 360 g/mol. The summed E-state index contributed by atoms with van der Waals surface area (Å²) in [6.07, 6.45) is 1.17. The highest BCUT2D eigenvalue weighted by Crippen LogP contribution is 2.45. The van der Waals surface area contributed by atoms with Crippen molar-refractivity contribution in [2.45, 2.75) is 17.4 Å². The Balaban J connectivity index is 1.42. The molecule has 3 nitrogen and oxygen atoms in total. The van der Waals surface area contributed by atoms with Gasteiger partial charge in [-0.05, 0) is 36.2 Å². The minimum Gasteiger partial charge on any atom is -0.494 e. The summed E-state index contributed by atoms with van der Waals surface area (Å²) < 4.78 is 6.11. The third kappa shape index (κ3) is 5.21. The van der Waals surface area contributed by atoms with Crippen molar-refractivity contribution in [2.24, 2.45) is 0 Å². The lowest BCUT2D eigenvalue weighted by molar-refractivity contribution is -0.116. The number of para-hydroxylation sites is 1. The van der Waals surface area contributed by atoms with Gasteiger partial charge < -0.3 is 10.1 Å². The van der Waals surface area contributed by atoms with Crippen LogP contribution in [0.25, 0.3) is 0 Å². The van der Waals surface area contributed by atoms with Gasteiger partial charge in [-0.25, -0.2) is 0 Å². The highest BCUT2D eigenvalue weighted by molar-refractivity contribution is 8.19. The third-order valence-corrected chi connectivity index (χ3v) is 6.73. The number of carbonyl (C=O) groups excluding carboxylic acids is 1. The Morgan fingerprint density at radius 3 is 2.67 bits per heavy atom. The number of thioether (sulfide) groups is 2. The molecule has 3 rings (SSSR count). The van der Waals surface area contributed by atoms with Crippen LogP contribution < -0.4 is 10.1 Å². The Hall–Kier alpha value is -1.59. The molecule has 1 heterocycles. The van der Waals surface area contributed by atoms with E-state index in [-0.39, 0.29) is 5.91 Å². The molecule has 2 aromatic rings. The van der Waals surface area contributed by atoms with Crippen LogP contribution in [0.3, 0.4) is 0 Å². The summed E-state index contributed by atoms with van der Waals surface area (Å²) in [6, 6.07) is 17.9. The number of rotatable bonds is 7. The summed E-state index contributed by atoms with van der Waals surface area (Å²) in [5, 5.41) is 2.99. The second kappa shape index (κ2) is 9.04. The van der Waals surface area contributed by atoms with E-state index in [9.17, 15) is 4.79 Å². The smallest absolute Gasteiger partial charge is 0.224 e. The van der Waals surface area contributed by atoms with Crippen molar-refractivity contribution >= 4 is 35.1 Å². The maximum absolute atomic E-state index is 12.1. The maximum atomic E-state index is 12.1. The van der Waals surface area contributed by atoms with E-state index in [0.717, 1.165) is 11.4 Å². The van der Waals surface area contributed by atoms with Crippen molar-refractivity contribution in [2.75, 3.05) is 23.4 Å². The molecule has 1 aliphatic heterocycles. The Morgan fingerprint density at radius 1 is 1.08 bits per heavy atom. The SMILES string of the molecule is O=C(CCCOc1ccccc1)Nc1cccc(C2SCCS2)c1.